The number of piperidine rings is 1. The van der Waals surface area contributed by atoms with Gasteiger partial charge in [-0.1, -0.05) is 0 Å². The third-order valence-corrected chi connectivity index (χ3v) is 3.48. The fraction of sp³-hybridized carbons (Fsp3) is 0.727. The maximum Gasteiger partial charge on any atom is 0.404 e. The van der Waals surface area contributed by atoms with Crippen molar-refractivity contribution in [3.05, 3.63) is 12.4 Å². The number of likely N-dealkylation sites (tertiary alicyclic amines) is 1. The van der Waals surface area contributed by atoms with Gasteiger partial charge in [0.05, 0.1) is 17.9 Å². The van der Waals surface area contributed by atoms with Crippen LogP contribution in [0.15, 0.2) is 12.4 Å². The van der Waals surface area contributed by atoms with Crippen molar-refractivity contribution in [1.29, 1.82) is 0 Å². The molecular formula is C11H17F3N4. The molecule has 2 rings (SSSR count). The first-order valence-corrected chi connectivity index (χ1v) is 5.90. The maximum absolute atomic E-state index is 12.9. The highest BCUT2D eigenvalue weighted by Gasteiger charge is 2.45. The Morgan fingerprint density at radius 1 is 1.44 bits per heavy atom. The van der Waals surface area contributed by atoms with Gasteiger partial charge in [0, 0.05) is 19.8 Å². The van der Waals surface area contributed by atoms with E-state index < -0.39 is 12.2 Å². The van der Waals surface area contributed by atoms with Crippen molar-refractivity contribution in [1.82, 2.24) is 14.7 Å². The van der Waals surface area contributed by atoms with Crippen LogP contribution in [0.2, 0.25) is 0 Å². The molecule has 2 heterocycles. The summed E-state index contributed by atoms with van der Waals surface area (Å²) in [5.41, 5.74) is 0.817. The molecule has 0 saturated carbocycles. The van der Waals surface area contributed by atoms with E-state index in [1.165, 1.54) is 11.9 Å². The number of anilines is 1. The van der Waals surface area contributed by atoms with E-state index in [1.807, 2.05) is 0 Å². The van der Waals surface area contributed by atoms with Gasteiger partial charge in [0.15, 0.2) is 0 Å². The average Bonchev–Trinajstić information content (AvgIpc) is 2.76. The number of hydrogen-bond donors (Lipinski definition) is 1. The molecule has 1 fully saturated rings. The molecule has 0 aromatic carbocycles. The number of hydrogen-bond acceptors (Lipinski definition) is 3. The number of halogens is 3. The minimum Gasteiger partial charge on any atom is -0.386 e. The molecule has 4 nitrogen and oxygen atoms in total. The van der Waals surface area contributed by atoms with Crippen molar-refractivity contribution in [2.75, 3.05) is 26.0 Å². The van der Waals surface area contributed by atoms with Crippen LogP contribution in [0.1, 0.15) is 18.9 Å². The van der Waals surface area contributed by atoms with Crippen LogP contribution in [-0.4, -0.2) is 47.5 Å². The van der Waals surface area contributed by atoms with Crippen molar-refractivity contribution < 1.29 is 13.2 Å². The highest BCUT2D eigenvalue weighted by atomic mass is 19.4. The lowest BCUT2D eigenvalue weighted by Gasteiger charge is -2.37. The largest absolute Gasteiger partial charge is 0.404 e. The summed E-state index contributed by atoms with van der Waals surface area (Å²) in [4.78, 5) is 1.37. The van der Waals surface area contributed by atoms with Crippen molar-refractivity contribution in [3.8, 4) is 0 Å². The third-order valence-electron chi connectivity index (χ3n) is 3.48. The Balaban J connectivity index is 2.11. The molecule has 0 aliphatic carbocycles. The molecule has 1 saturated heterocycles. The molecule has 1 aromatic heterocycles. The van der Waals surface area contributed by atoms with Crippen LogP contribution in [0.25, 0.3) is 0 Å². The van der Waals surface area contributed by atoms with Crippen LogP contribution < -0.4 is 5.32 Å². The first kappa shape index (κ1) is 13.2. The molecule has 0 bridgehead atoms. The van der Waals surface area contributed by atoms with Gasteiger partial charge in [-0.2, -0.15) is 18.3 Å². The Morgan fingerprint density at radius 3 is 2.72 bits per heavy atom. The summed E-state index contributed by atoms with van der Waals surface area (Å²) in [7, 11) is 3.28. The molecule has 1 N–H and O–H groups in total. The Bertz CT molecular complexity index is 401. The molecule has 0 spiro atoms. The lowest BCUT2D eigenvalue weighted by atomic mass is 9.97. The summed E-state index contributed by atoms with van der Waals surface area (Å²) < 4.78 is 40.2. The van der Waals surface area contributed by atoms with E-state index >= 15 is 0 Å². The van der Waals surface area contributed by atoms with E-state index in [4.69, 9.17) is 0 Å². The number of aromatic nitrogens is 2. The third kappa shape index (κ3) is 2.60. The van der Waals surface area contributed by atoms with E-state index in [0.717, 1.165) is 5.69 Å². The molecule has 0 radical (unpaired) electrons. The second kappa shape index (κ2) is 4.79. The molecule has 0 amide bonds. The molecule has 2 atom stereocenters. The number of nitrogens with one attached hydrogen (secondary N) is 1. The standard InChI is InChI=1S/C11H17F3N4/c1-15-8-6-16-18(7-8)9-3-4-17(2)10(5-9)11(12,13)14/h6-7,9-10,15H,3-5H2,1-2H3. The van der Waals surface area contributed by atoms with Crippen molar-refractivity contribution >= 4 is 5.69 Å². The number of rotatable bonds is 2. The van der Waals surface area contributed by atoms with Crippen molar-refractivity contribution in [3.63, 3.8) is 0 Å². The molecule has 1 aliphatic heterocycles. The van der Waals surface area contributed by atoms with Gasteiger partial charge in [-0.15, -0.1) is 0 Å². The van der Waals surface area contributed by atoms with E-state index in [-0.39, 0.29) is 12.5 Å². The topological polar surface area (TPSA) is 33.1 Å². The molecule has 2 unspecified atom stereocenters. The SMILES string of the molecule is CNc1cnn(C2CCN(C)C(C(F)(F)F)C2)c1. The maximum atomic E-state index is 12.9. The van der Waals surface area contributed by atoms with Crippen LogP contribution in [0.5, 0.6) is 0 Å². The van der Waals surface area contributed by atoms with E-state index in [9.17, 15) is 13.2 Å². The Labute approximate surface area is 104 Å². The zero-order valence-electron chi connectivity index (χ0n) is 10.4. The Kier molecular flexibility index (Phi) is 3.52. The zero-order chi connectivity index (χ0) is 13.3. The van der Waals surface area contributed by atoms with Gasteiger partial charge >= 0.3 is 6.18 Å². The molecule has 18 heavy (non-hydrogen) atoms. The van der Waals surface area contributed by atoms with Crippen LogP contribution in [-0.2, 0) is 0 Å². The van der Waals surface area contributed by atoms with Gasteiger partial charge < -0.3 is 5.32 Å². The summed E-state index contributed by atoms with van der Waals surface area (Å²) >= 11 is 0. The minimum absolute atomic E-state index is 0.0604. The van der Waals surface area contributed by atoms with Crippen LogP contribution >= 0.6 is 0 Å². The normalized spacial score (nSPS) is 26.3. The number of nitrogens with zero attached hydrogens (tertiary/aromatic N) is 3. The average molecular weight is 262 g/mol. The Hall–Kier alpha value is -1.24. The van der Waals surface area contributed by atoms with E-state index in [0.29, 0.717) is 13.0 Å². The molecule has 1 aromatic rings. The monoisotopic (exact) mass is 262 g/mol. The highest BCUT2D eigenvalue weighted by Crippen LogP contribution is 2.35. The second-order valence-corrected chi connectivity index (χ2v) is 4.68. The van der Waals surface area contributed by atoms with Gasteiger partial charge in [0.2, 0.25) is 0 Å². The second-order valence-electron chi connectivity index (χ2n) is 4.68. The summed E-state index contributed by atoms with van der Waals surface area (Å²) in [6.07, 6.45) is -0.0461. The van der Waals surface area contributed by atoms with Gasteiger partial charge in [-0.25, -0.2) is 0 Å². The molecule has 1 aliphatic rings. The number of alkyl halides is 3. The summed E-state index contributed by atoms with van der Waals surface area (Å²) in [6.45, 7) is 0.434. The van der Waals surface area contributed by atoms with Crippen molar-refractivity contribution in [2.45, 2.75) is 31.1 Å². The lowest BCUT2D eigenvalue weighted by molar-refractivity contribution is -0.191. The fourth-order valence-electron chi connectivity index (χ4n) is 2.35. The first-order valence-electron chi connectivity index (χ1n) is 5.90. The summed E-state index contributed by atoms with van der Waals surface area (Å²) in [6, 6.07) is -1.56. The van der Waals surface area contributed by atoms with Gasteiger partial charge in [-0.05, 0) is 19.9 Å². The first-order chi connectivity index (χ1) is 8.41. The van der Waals surface area contributed by atoms with Crippen LogP contribution in [0.4, 0.5) is 18.9 Å². The molecular weight excluding hydrogens is 245 g/mol. The smallest absolute Gasteiger partial charge is 0.386 e. The summed E-state index contributed by atoms with van der Waals surface area (Å²) in [5.74, 6) is 0. The van der Waals surface area contributed by atoms with Gasteiger partial charge in [0.25, 0.3) is 0 Å². The highest BCUT2D eigenvalue weighted by molar-refractivity contribution is 5.37. The molecule has 7 heteroatoms. The van der Waals surface area contributed by atoms with E-state index in [1.54, 1.807) is 24.1 Å². The fourth-order valence-corrected chi connectivity index (χ4v) is 2.35. The van der Waals surface area contributed by atoms with Crippen LogP contribution in [0.3, 0.4) is 0 Å². The predicted molar refractivity (Wildman–Crippen MR) is 62.5 cm³/mol. The molecule has 102 valence electrons. The van der Waals surface area contributed by atoms with Crippen molar-refractivity contribution in [2.24, 2.45) is 0 Å². The zero-order valence-corrected chi connectivity index (χ0v) is 10.4. The summed E-state index contributed by atoms with van der Waals surface area (Å²) in [5, 5.41) is 7.04. The lowest BCUT2D eigenvalue weighted by Crippen LogP contribution is -2.49. The van der Waals surface area contributed by atoms with Crippen LogP contribution in [0, 0.1) is 0 Å². The van der Waals surface area contributed by atoms with Gasteiger partial charge in [0.1, 0.15) is 6.04 Å². The Morgan fingerprint density at radius 2 is 2.17 bits per heavy atom. The van der Waals surface area contributed by atoms with Gasteiger partial charge in [-0.3, -0.25) is 9.58 Å². The minimum atomic E-state index is -4.17. The quantitative estimate of drug-likeness (QED) is 0.886. The van der Waals surface area contributed by atoms with E-state index in [2.05, 4.69) is 10.4 Å². The predicted octanol–water partition coefficient (Wildman–Crippen LogP) is 2.12.